The predicted octanol–water partition coefficient (Wildman–Crippen LogP) is 0.882. The van der Waals surface area contributed by atoms with E-state index in [-0.39, 0.29) is 17.9 Å². The Morgan fingerprint density at radius 1 is 1.50 bits per heavy atom. The van der Waals surface area contributed by atoms with Gasteiger partial charge in [0.05, 0.1) is 0 Å². The first-order chi connectivity index (χ1) is 8.59. The quantitative estimate of drug-likeness (QED) is 0.718. The van der Waals surface area contributed by atoms with E-state index in [4.69, 9.17) is 5.73 Å². The fourth-order valence-electron chi connectivity index (χ4n) is 1.65. The maximum atomic E-state index is 11.7. The van der Waals surface area contributed by atoms with Gasteiger partial charge in [-0.05, 0) is 19.8 Å². The molecule has 2 atom stereocenters. The second kappa shape index (κ2) is 7.81. The van der Waals surface area contributed by atoms with Crippen molar-refractivity contribution in [3.63, 3.8) is 0 Å². The molecule has 1 heterocycles. The fraction of sp³-hybridized carbons (Fsp3) is 0.750. The summed E-state index contributed by atoms with van der Waals surface area (Å²) in [6.07, 6.45) is 4.69. The first kappa shape index (κ1) is 14.6. The Balaban J connectivity index is 2.11. The minimum absolute atomic E-state index is 0.0222. The van der Waals surface area contributed by atoms with Crippen LogP contribution in [0.25, 0.3) is 0 Å². The zero-order valence-corrected chi connectivity index (χ0v) is 11.1. The molecule has 3 N–H and O–H groups in total. The summed E-state index contributed by atoms with van der Waals surface area (Å²) in [4.78, 5) is 15.6. The summed E-state index contributed by atoms with van der Waals surface area (Å²) < 4.78 is 4.61. The highest BCUT2D eigenvalue weighted by atomic mass is 16.5. The molecule has 102 valence electrons. The first-order valence-corrected chi connectivity index (χ1v) is 6.38. The van der Waals surface area contributed by atoms with E-state index in [1.165, 1.54) is 6.39 Å². The maximum absolute atomic E-state index is 11.7. The summed E-state index contributed by atoms with van der Waals surface area (Å²) in [7, 11) is 0. The summed E-state index contributed by atoms with van der Waals surface area (Å²) in [6, 6.07) is 0.207. The van der Waals surface area contributed by atoms with Gasteiger partial charge in [-0.3, -0.25) is 4.79 Å². The minimum atomic E-state index is 0.0222. The van der Waals surface area contributed by atoms with Crippen LogP contribution in [-0.4, -0.2) is 28.6 Å². The largest absolute Gasteiger partial charge is 0.355 e. The van der Waals surface area contributed by atoms with E-state index in [0.717, 1.165) is 19.3 Å². The molecule has 0 fully saturated rings. The van der Waals surface area contributed by atoms with Gasteiger partial charge in [0.2, 0.25) is 12.3 Å². The third kappa shape index (κ3) is 5.77. The number of nitrogens with one attached hydrogen (secondary N) is 1. The average Bonchev–Trinajstić information content (AvgIpc) is 2.81. The zero-order valence-electron chi connectivity index (χ0n) is 11.1. The van der Waals surface area contributed by atoms with E-state index in [9.17, 15) is 4.79 Å². The number of rotatable bonds is 8. The van der Waals surface area contributed by atoms with E-state index in [0.29, 0.717) is 18.8 Å². The molecule has 1 aromatic rings. The van der Waals surface area contributed by atoms with E-state index >= 15 is 0 Å². The molecule has 1 rings (SSSR count). The highest BCUT2D eigenvalue weighted by Crippen LogP contribution is 2.08. The molecule has 0 bridgehead atoms. The number of aromatic nitrogens is 2. The molecule has 1 amide bonds. The number of amides is 1. The van der Waals surface area contributed by atoms with Crippen LogP contribution in [0.2, 0.25) is 0 Å². The summed E-state index contributed by atoms with van der Waals surface area (Å²) in [5, 5.41) is 6.54. The van der Waals surface area contributed by atoms with E-state index in [1.54, 1.807) is 0 Å². The average molecular weight is 254 g/mol. The lowest BCUT2D eigenvalue weighted by atomic mass is 10.0. The van der Waals surface area contributed by atoms with E-state index in [1.807, 2.05) is 13.8 Å². The van der Waals surface area contributed by atoms with Gasteiger partial charge in [-0.25, -0.2) is 0 Å². The Bertz CT molecular complexity index is 338. The molecule has 18 heavy (non-hydrogen) atoms. The van der Waals surface area contributed by atoms with Gasteiger partial charge in [0.25, 0.3) is 0 Å². The Hall–Kier alpha value is -1.43. The molecule has 0 radical (unpaired) electrons. The number of nitrogens with zero attached hydrogens (tertiary/aromatic N) is 2. The number of carbonyl (C=O) groups excluding carboxylic acids is 1. The second-order valence-corrected chi connectivity index (χ2v) is 4.70. The molecule has 6 heteroatoms. The minimum Gasteiger partial charge on any atom is -0.355 e. The van der Waals surface area contributed by atoms with Crippen LogP contribution in [0.1, 0.15) is 38.9 Å². The van der Waals surface area contributed by atoms with Crippen LogP contribution < -0.4 is 11.1 Å². The van der Waals surface area contributed by atoms with Crippen LogP contribution in [0.5, 0.6) is 0 Å². The highest BCUT2D eigenvalue weighted by Gasteiger charge is 2.12. The lowest BCUT2D eigenvalue weighted by molar-refractivity contribution is -0.124. The summed E-state index contributed by atoms with van der Waals surface area (Å²) >= 11 is 0. The normalized spacial score (nSPS) is 14.2. The zero-order chi connectivity index (χ0) is 13.4. The van der Waals surface area contributed by atoms with Crippen LogP contribution in [0.15, 0.2) is 10.9 Å². The molecule has 0 saturated heterocycles. The standard InChI is InChI=1S/C12H22N4O2/c1-9(4-3-5-10(2)13)12(17)14-7-6-11-15-8-18-16-11/h8-10H,3-7,13H2,1-2H3,(H,14,17). The van der Waals surface area contributed by atoms with Crippen LogP contribution in [0.4, 0.5) is 0 Å². The van der Waals surface area contributed by atoms with Gasteiger partial charge in [-0.1, -0.05) is 18.5 Å². The molecular weight excluding hydrogens is 232 g/mol. The summed E-state index contributed by atoms with van der Waals surface area (Å²) in [5.41, 5.74) is 5.67. The van der Waals surface area contributed by atoms with Gasteiger partial charge in [0.1, 0.15) is 0 Å². The lowest BCUT2D eigenvalue weighted by Gasteiger charge is -2.12. The van der Waals surface area contributed by atoms with Crippen molar-refractivity contribution in [3.8, 4) is 0 Å². The molecule has 6 nitrogen and oxygen atoms in total. The monoisotopic (exact) mass is 254 g/mol. The summed E-state index contributed by atoms with van der Waals surface area (Å²) in [6.45, 7) is 4.45. The Labute approximate surface area is 107 Å². The van der Waals surface area contributed by atoms with E-state index < -0.39 is 0 Å². The fourth-order valence-corrected chi connectivity index (χ4v) is 1.65. The molecule has 0 saturated carbocycles. The maximum Gasteiger partial charge on any atom is 0.222 e. The third-order valence-electron chi connectivity index (χ3n) is 2.80. The van der Waals surface area contributed by atoms with Gasteiger partial charge >= 0.3 is 0 Å². The van der Waals surface area contributed by atoms with Gasteiger partial charge in [-0.2, -0.15) is 4.98 Å². The SMILES string of the molecule is CC(N)CCCC(C)C(=O)NCCc1ncon1. The van der Waals surface area contributed by atoms with E-state index in [2.05, 4.69) is 20.0 Å². The highest BCUT2D eigenvalue weighted by molar-refractivity contribution is 5.78. The topological polar surface area (TPSA) is 94.0 Å². The first-order valence-electron chi connectivity index (χ1n) is 6.38. The van der Waals surface area contributed by atoms with Crippen molar-refractivity contribution >= 4 is 5.91 Å². The molecule has 0 spiro atoms. The van der Waals surface area contributed by atoms with Crippen molar-refractivity contribution in [2.45, 2.75) is 45.6 Å². The molecule has 0 aliphatic carbocycles. The molecule has 0 aromatic carbocycles. The van der Waals surface area contributed by atoms with Crippen molar-refractivity contribution in [1.82, 2.24) is 15.5 Å². The Morgan fingerprint density at radius 3 is 2.89 bits per heavy atom. The van der Waals surface area contributed by atoms with Crippen LogP contribution >= 0.6 is 0 Å². The Morgan fingerprint density at radius 2 is 2.28 bits per heavy atom. The predicted molar refractivity (Wildman–Crippen MR) is 67.7 cm³/mol. The van der Waals surface area contributed by atoms with Crippen LogP contribution in [-0.2, 0) is 11.2 Å². The molecule has 1 aromatic heterocycles. The van der Waals surface area contributed by atoms with Gasteiger partial charge in [0.15, 0.2) is 5.82 Å². The van der Waals surface area contributed by atoms with Crippen LogP contribution in [0.3, 0.4) is 0 Å². The third-order valence-corrected chi connectivity index (χ3v) is 2.80. The van der Waals surface area contributed by atoms with Gasteiger partial charge < -0.3 is 15.6 Å². The lowest BCUT2D eigenvalue weighted by Crippen LogP contribution is -2.31. The number of hydrogen-bond acceptors (Lipinski definition) is 5. The summed E-state index contributed by atoms with van der Waals surface area (Å²) in [5.74, 6) is 0.706. The van der Waals surface area contributed by atoms with Crippen LogP contribution in [0, 0.1) is 5.92 Å². The molecule has 2 unspecified atom stereocenters. The smallest absolute Gasteiger partial charge is 0.222 e. The van der Waals surface area contributed by atoms with Gasteiger partial charge in [-0.15, -0.1) is 0 Å². The van der Waals surface area contributed by atoms with Crippen molar-refractivity contribution < 1.29 is 9.32 Å². The second-order valence-electron chi connectivity index (χ2n) is 4.70. The molecule has 0 aliphatic heterocycles. The number of hydrogen-bond donors (Lipinski definition) is 2. The van der Waals surface area contributed by atoms with Crippen molar-refractivity contribution in [3.05, 3.63) is 12.2 Å². The van der Waals surface area contributed by atoms with Crippen molar-refractivity contribution in [2.24, 2.45) is 11.7 Å². The molecule has 0 aliphatic rings. The Kier molecular flexibility index (Phi) is 6.35. The van der Waals surface area contributed by atoms with Crippen molar-refractivity contribution in [1.29, 1.82) is 0 Å². The molecular formula is C12H22N4O2. The number of nitrogens with two attached hydrogens (primary N) is 1. The van der Waals surface area contributed by atoms with Gasteiger partial charge in [0, 0.05) is 24.9 Å². The number of carbonyl (C=O) groups is 1. The van der Waals surface area contributed by atoms with Crippen molar-refractivity contribution in [2.75, 3.05) is 6.54 Å².